The number of carbonyl (C=O) groups is 1. The Hall–Kier alpha value is -3.09. The Morgan fingerprint density at radius 2 is 1.48 bits per heavy atom. The number of ether oxygens (including phenoxy) is 1. The molecule has 0 spiro atoms. The predicted octanol–water partition coefficient (Wildman–Crippen LogP) is 6.65. The summed E-state index contributed by atoms with van der Waals surface area (Å²) < 4.78 is 84.1. The highest BCUT2D eigenvalue weighted by atomic mass is 32.2. The van der Waals surface area contributed by atoms with E-state index in [9.17, 15) is 51.3 Å². The van der Waals surface area contributed by atoms with Crippen molar-refractivity contribution in [1.82, 2.24) is 9.55 Å². The zero-order valence-electron chi connectivity index (χ0n) is 28.4. The van der Waals surface area contributed by atoms with Crippen molar-refractivity contribution in [2.75, 3.05) is 17.7 Å². The van der Waals surface area contributed by atoms with E-state index in [0.29, 0.717) is 36.5 Å². The molecule has 1 saturated heterocycles. The number of benzene rings is 2. The molecule has 1 unspecified atom stereocenters. The minimum absolute atomic E-state index is 0.0242. The van der Waals surface area contributed by atoms with Crippen LogP contribution in [0.4, 0.5) is 32.2 Å². The Morgan fingerprint density at radius 1 is 0.904 bits per heavy atom. The third-order valence-electron chi connectivity index (χ3n) is 8.57. The predicted molar refractivity (Wildman–Crippen MR) is 187 cm³/mol. The second-order valence-electron chi connectivity index (χ2n) is 13.3. The molecule has 4 N–H and O–H groups in total. The number of nitrogens with zero attached hydrogens (tertiary/aromatic N) is 2. The number of anilines is 1. The zero-order chi connectivity index (χ0) is 38.3. The van der Waals surface area contributed by atoms with Crippen LogP contribution < -0.4 is 11.0 Å². The minimum Gasteiger partial charge on any atom is -0.394 e. The molecule has 1 amide bonds. The second-order valence-corrected chi connectivity index (χ2v) is 15.7. The molecule has 52 heavy (non-hydrogen) atoms. The van der Waals surface area contributed by atoms with Crippen molar-refractivity contribution < 1.29 is 51.2 Å². The highest BCUT2D eigenvalue weighted by Crippen LogP contribution is 2.35. The fourth-order valence-electron chi connectivity index (χ4n) is 5.56. The number of carbonyl (C=O) groups excluding carboxylic acids is 1. The second kappa shape index (κ2) is 17.8. The number of rotatable bonds is 16. The molecule has 5 atom stereocenters. The molecule has 9 nitrogen and oxygen atoms in total. The molecule has 0 aliphatic carbocycles. The van der Waals surface area contributed by atoms with E-state index in [1.54, 1.807) is 23.5 Å². The first-order valence-corrected chi connectivity index (χ1v) is 18.6. The molecule has 2 heterocycles. The average molecular weight is 778 g/mol. The fraction of sp³-hybridized carbons (Fsp3) is 0.514. The molecule has 2 aromatic carbocycles. The van der Waals surface area contributed by atoms with E-state index < -0.39 is 71.6 Å². The minimum atomic E-state index is -4.44. The van der Waals surface area contributed by atoms with E-state index >= 15 is 0 Å². The quantitative estimate of drug-likeness (QED) is 0.0932. The van der Waals surface area contributed by atoms with Crippen LogP contribution in [-0.2, 0) is 33.4 Å². The maximum Gasteiger partial charge on any atom is 0.416 e. The lowest BCUT2D eigenvalue weighted by molar-refractivity contribution is -0.138. The number of nitrogens with one attached hydrogen (secondary N) is 1. The van der Waals surface area contributed by atoms with Crippen molar-refractivity contribution in [2.24, 2.45) is 5.41 Å². The van der Waals surface area contributed by atoms with Crippen LogP contribution >= 0.6 is 23.5 Å². The van der Waals surface area contributed by atoms with Gasteiger partial charge in [-0.2, -0.15) is 54.9 Å². The van der Waals surface area contributed by atoms with Crippen LogP contribution in [0.2, 0.25) is 0 Å². The number of alkyl halides is 6. The molecule has 0 radical (unpaired) electrons. The average Bonchev–Trinajstić information content (AvgIpc) is 3.35. The standard InChI is InChI=1S/C35H41F6N3O6S2/c1-33(2,17-28(46)42-27-12-15-44(32(49)43-27)31-30(48)29(47)26(18-45)50-31)14-11-25(52-20-22-5-9-24(10-6-22)35(39,40)41)13-16-51-19-21-3-7-23(8-4-21)34(36,37)38/h3-10,12,15,25-26,29-31,45,47-48H,11,13-14,16-20H2,1-2H3,(H,42,43,46,49)/t25-,26-,29?,30+,31-/m1/s1. The van der Waals surface area contributed by atoms with Gasteiger partial charge in [-0.05, 0) is 71.9 Å². The lowest BCUT2D eigenvalue weighted by Crippen LogP contribution is -2.36. The molecule has 17 heteroatoms. The normalized spacial score (nSPS) is 20.2. The first-order chi connectivity index (χ1) is 24.4. The van der Waals surface area contributed by atoms with E-state index in [2.05, 4.69) is 10.3 Å². The molecule has 1 aliphatic heterocycles. The molecule has 4 rings (SSSR count). The Kier molecular flexibility index (Phi) is 14.3. The summed E-state index contributed by atoms with van der Waals surface area (Å²) in [4.78, 5) is 29.5. The molecule has 1 aliphatic rings. The molecule has 0 saturated carbocycles. The van der Waals surface area contributed by atoms with Gasteiger partial charge in [0.05, 0.1) is 17.7 Å². The molecular formula is C35H41F6N3O6S2. The highest BCUT2D eigenvalue weighted by Gasteiger charge is 2.43. The van der Waals surface area contributed by atoms with E-state index in [1.165, 1.54) is 36.5 Å². The maximum absolute atomic E-state index is 13.0. The van der Waals surface area contributed by atoms with Gasteiger partial charge in [0.15, 0.2) is 6.23 Å². The van der Waals surface area contributed by atoms with E-state index in [0.717, 1.165) is 40.0 Å². The van der Waals surface area contributed by atoms with Gasteiger partial charge in [0, 0.05) is 29.4 Å². The van der Waals surface area contributed by atoms with E-state index in [1.807, 2.05) is 13.8 Å². The van der Waals surface area contributed by atoms with Gasteiger partial charge in [0.1, 0.15) is 24.1 Å². The molecule has 0 bridgehead atoms. The van der Waals surface area contributed by atoms with Crippen molar-refractivity contribution in [2.45, 2.75) is 93.2 Å². The number of aliphatic hydroxyl groups is 3. The molecule has 1 aromatic heterocycles. The first kappa shape index (κ1) is 41.7. The van der Waals surface area contributed by atoms with Gasteiger partial charge in [-0.1, -0.05) is 38.1 Å². The molecule has 286 valence electrons. The van der Waals surface area contributed by atoms with Crippen molar-refractivity contribution in [3.63, 3.8) is 0 Å². The summed E-state index contributed by atoms with van der Waals surface area (Å²) in [5.41, 5.74) is -1.31. The summed E-state index contributed by atoms with van der Waals surface area (Å²) in [5.74, 6) is 1.24. The monoisotopic (exact) mass is 777 g/mol. The summed E-state index contributed by atoms with van der Waals surface area (Å²) in [6, 6.07) is 11.3. The first-order valence-electron chi connectivity index (χ1n) is 16.4. The Balaban J connectivity index is 1.33. The fourth-order valence-corrected chi connectivity index (χ4v) is 7.92. The Bertz CT molecular complexity index is 1670. The Labute approximate surface area is 305 Å². The van der Waals surface area contributed by atoms with Gasteiger partial charge in [0.25, 0.3) is 0 Å². The molecule has 1 fully saturated rings. The summed E-state index contributed by atoms with van der Waals surface area (Å²) in [5, 5.41) is 32.2. The highest BCUT2D eigenvalue weighted by molar-refractivity contribution is 7.99. The Morgan fingerprint density at radius 3 is 2.00 bits per heavy atom. The number of hydrogen-bond donors (Lipinski definition) is 4. The van der Waals surface area contributed by atoms with Crippen LogP contribution in [-0.4, -0.2) is 66.7 Å². The number of thioether (sulfide) groups is 2. The van der Waals surface area contributed by atoms with Gasteiger partial charge in [-0.15, -0.1) is 0 Å². The van der Waals surface area contributed by atoms with Gasteiger partial charge in [-0.3, -0.25) is 9.36 Å². The number of hydrogen-bond acceptors (Lipinski definition) is 9. The van der Waals surface area contributed by atoms with Crippen LogP contribution in [0.5, 0.6) is 0 Å². The maximum atomic E-state index is 13.0. The van der Waals surface area contributed by atoms with Crippen LogP contribution in [0, 0.1) is 5.41 Å². The van der Waals surface area contributed by atoms with Crippen molar-refractivity contribution >= 4 is 35.2 Å². The van der Waals surface area contributed by atoms with Gasteiger partial charge >= 0.3 is 18.0 Å². The van der Waals surface area contributed by atoms with E-state index in [4.69, 9.17) is 4.74 Å². The lowest BCUT2D eigenvalue weighted by atomic mass is 9.83. The van der Waals surface area contributed by atoms with Crippen molar-refractivity contribution in [3.05, 3.63) is 93.5 Å². The van der Waals surface area contributed by atoms with Crippen LogP contribution in [0.25, 0.3) is 0 Å². The SMILES string of the molecule is CC(C)(CC[C@H](CCSCc1ccc(C(F)(F)F)cc1)SCc1ccc(C(F)(F)F)cc1)CC(=O)Nc1ccn([C@@H]2O[C@H](CO)C(O)[C@@H]2O)c(=O)n1. The lowest BCUT2D eigenvalue weighted by Gasteiger charge is -2.27. The smallest absolute Gasteiger partial charge is 0.394 e. The van der Waals surface area contributed by atoms with Crippen LogP contribution in [0.1, 0.15) is 68.0 Å². The summed E-state index contributed by atoms with van der Waals surface area (Å²) in [7, 11) is 0. The van der Waals surface area contributed by atoms with E-state index in [-0.39, 0.29) is 17.5 Å². The third kappa shape index (κ3) is 12.0. The third-order valence-corrected chi connectivity index (χ3v) is 11.1. The number of amides is 1. The van der Waals surface area contributed by atoms with Gasteiger partial charge < -0.3 is 25.4 Å². The largest absolute Gasteiger partial charge is 0.416 e. The number of aromatic nitrogens is 2. The summed E-state index contributed by atoms with van der Waals surface area (Å²) in [6.07, 6.45) is -10.8. The van der Waals surface area contributed by atoms with Crippen LogP contribution in [0.15, 0.2) is 65.6 Å². The molecular weight excluding hydrogens is 737 g/mol. The van der Waals surface area contributed by atoms with Gasteiger partial charge in [-0.25, -0.2) is 4.79 Å². The topological polar surface area (TPSA) is 134 Å². The summed E-state index contributed by atoms with van der Waals surface area (Å²) in [6.45, 7) is 3.26. The summed E-state index contributed by atoms with van der Waals surface area (Å²) >= 11 is 3.16. The molecule has 3 aromatic rings. The zero-order valence-corrected chi connectivity index (χ0v) is 30.0. The van der Waals surface area contributed by atoms with Gasteiger partial charge in [0.2, 0.25) is 5.91 Å². The van der Waals surface area contributed by atoms with Crippen LogP contribution in [0.3, 0.4) is 0 Å². The van der Waals surface area contributed by atoms with Crippen molar-refractivity contribution in [1.29, 1.82) is 0 Å². The number of halogens is 6. The number of aliphatic hydroxyl groups excluding tert-OH is 3. The van der Waals surface area contributed by atoms with Crippen molar-refractivity contribution in [3.8, 4) is 0 Å².